The molecule has 0 bridgehead atoms. The molecule has 0 radical (unpaired) electrons. The molecule has 0 heterocycles. The first-order chi connectivity index (χ1) is 15.1. The number of anilines is 1. The Morgan fingerprint density at radius 2 is 1.69 bits per heavy atom. The van der Waals surface area contributed by atoms with Gasteiger partial charge in [0, 0.05) is 6.08 Å². The Kier molecular flexibility index (Phi) is 7.21. The fourth-order valence-corrected chi connectivity index (χ4v) is 5.16. The van der Waals surface area contributed by atoms with Crippen LogP contribution in [-0.4, -0.2) is 21.4 Å². The fraction of sp³-hybridized carbons (Fsp3) is 0.160. The molecule has 0 unspecified atom stereocenters. The van der Waals surface area contributed by atoms with Crippen LogP contribution in [0.3, 0.4) is 0 Å². The second-order valence-corrected chi connectivity index (χ2v) is 10.0. The molecule has 0 fully saturated rings. The molecule has 0 N–H and O–H groups in total. The Morgan fingerprint density at radius 3 is 2.31 bits per heavy atom. The summed E-state index contributed by atoms with van der Waals surface area (Å²) in [5.74, 6) is -0.00125. The molecule has 0 aromatic heterocycles. The van der Waals surface area contributed by atoms with Crippen LogP contribution in [0.2, 0.25) is 0 Å². The van der Waals surface area contributed by atoms with E-state index in [1.54, 1.807) is 62.6 Å². The van der Waals surface area contributed by atoms with E-state index in [0.29, 0.717) is 11.4 Å². The number of halogens is 1. The van der Waals surface area contributed by atoms with Crippen LogP contribution in [-0.2, 0) is 14.8 Å². The summed E-state index contributed by atoms with van der Waals surface area (Å²) in [7, 11) is -2.56. The van der Waals surface area contributed by atoms with Gasteiger partial charge in [-0.1, -0.05) is 35.9 Å². The van der Waals surface area contributed by atoms with Gasteiger partial charge >= 0.3 is 0 Å². The van der Waals surface area contributed by atoms with Crippen LogP contribution in [0.4, 0.5) is 5.69 Å². The van der Waals surface area contributed by atoms with Gasteiger partial charge < -0.3 is 4.74 Å². The van der Waals surface area contributed by atoms with Gasteiger partial charge in [0.25, 0.3) is 15.9 Å². The molecule has 5 nitrogen and oxygen atoms in total. The summed E-state index contributed by atoms with van der Waals surface area (Å²) in [6.45, 7) is 5.56. The molecule has 0 atom stereocenters. The van der Waals surface area contributed by atoms with Gasteiger partial charge in [0.15, 0.2) is 0 Å². The number of carbonyl (C=O) groups is 1. The second kappa shape index (κ2) is 9.71. The SMILES string of the molecule is COc1ccc(/C=C/C(=O)N(c2cccc(C)c2C)S(=O)(=O)c2ccc(C)cc2)cc1Br. The number of hydrogen-bond donors (Lipinski definition) is 0. The zero-order valence-corrected chi connectivity index (χ0v) is 20.7. The van der Waals surface area contributed by atoms with Crippen LogP contribution >= 0.6 is 15.9 Å². The molecule has 32 heavy (non-hydrogen) atoms. The molecular weight excluding hydrogens is 490 g/mol. The van der Waals surface area contributed by atoms with Gasteiger partial charge in [-0.05, 0) is 89.8 Å². The third-order valence-corrected chi connectivity index (χ3v) is 7.49. The first-order valence-corrected chi connectivity index (χ1v) is 12.1. The van der Waals surface area contributed by atoms with Gasteiger partial charge in [-0.3, -0.25) is 4.79 Å². The number of aryl methyl sites for hydroxylation is 2. The molecule has 0 aliphatic heterocycles. The number of benzene rings is 3. The summed E-state index contributed by atoms with van der Waals surface area (Å²) in [6.07, 6.45) is 2.84. The average molecular weight is 514 g/mol. The quantitative estimate of drug-likeness (QED) is 0.389. The summed E-state index contributed by atoms with van der Waals surface area (Å²) in [6, 6.07) is 17.1. The maximum Gasteiger partial charge on any atom is 0.271 e. The maximum atomic E-state index is 13.5. The smallest absolute Gasteiger partial charge is 0.271 e. The number of rotatable bonds is 6. The lowest BCUT2D eigenvalue weighted by atomic mass is 10.1. The van der Waals surface area contributed by atoms with Crippen molar-refractivity contribution in [2.24, 2.45) is 0 Å². The highest BCUT2D eigenvalue weighted by Crippen LogP contribution is 2.30. The van der Waals surface area contributed by atoms with Crippen molar-refractivity contribution >= 4 is 43.6 Å². The van der Waals surface area contributed by atoms with E-state index in [0.717, 1.165) is 31.0 Å². The van der Waals surface area contributed by atoms with Gasteiger partial charge in [-0.25, -0.2) is 8.42 Å². The number of methoxy groups -OCH3 is 1. The third kappa shape index (κ3) is 4.95. The molecule has 3 aromatic carbocycles. The van der Waals surface area contributed by atoms with E-state index in [1.165, 1.54) is 18.2 Å². The monoisotopic (exact) mass is 513 g/mol. The molecule has 0 aliphatic carbocycles. The highest BCUT2D eigenvalue weighted by Gasteiger charge is 2.31. The Balaban J connectivity index is 2.08. The lowest BCUT2D eigenvalue weighted by molar-refractivity contribution is -0.113. The lowest BCUT2D eigenvalue weighted by Crippen LogP contribution is -2.36. The minimum absolute atomic E-state index is 0.0537. The van der Waals surface area contributed by atoms with Crippen LogP contribution in [0.25, 0.3) is 6.08 Å². The number of sulfonamides is 1. The summed E-state index contributed by atoms with van der Waals surface area (Å²) in [4.78, 5) is 13.4. The van der Waals surface area contributed by atoms with Crippen molar-refractivity contribution in [1.29, 1.82) is 0 Å². The number of carbonyl (C=O) groups excluding carboxylic acids is 1. The van der Waals surface area contributed by atoms with E-state index in [9.17, 15) is 13.2 Å². The van der Waals surface area contributed by atoms with Gasteiger partial charge in [-0.2, -0.15) is 4.31 Å². The van der Waals surface area contributed by atoms with Gasteiger partial charge in [0.05, 0.1) is 22.2 Å². The van der Waals surface area contributed by atoms with Crippen molar-refractivity contribution in [3.8, 4) is 5.75 Å². The van der Waals surface area contributed by atoms with Gasteiger partial charge in [0.1, 0.15) is 5.75 Å². The minimum atomic E-state index is -4.13. The van der Waals surface area contributed by atoms with E-state index < -0.39 is 15.9 Å². The average Bonchev–Trinajstić information content (AvgIpc) is 2.75. The number of amides is 1. The van der Waals surface area contributed by atoms with Gasteiger partial charge in [-0.15, -0.1) is 0 Å². The van der Waals surface area contributed by atoms with Crippen LogP contribution in [0, 0.1) is 20.8 Å². The largest absolute Gasteiger partial charge is 0.496 e. The lowest BCUT2D eigenvalue weighted by Gasteiger charge is -2.24. The van der Waals surface area contributed by atoms with Crippen LogP contribution in [0.1, 0.15) is 22.3 Å². The zero-order chi connectivity index (χ0) is 23.5. The van der Waals surface area contributed by atoms with Crippen molar-refractivity contribution in [1.82, 2.24) is 0 Å². The van der Waals surface area contributed by atoms with Crippen LogP contribution < -0.4 is 9.04 Å². The normalized spacial score (nSPS) is 11.5. The molecule has 3 rings (SSSR count). The Bertz CT molecular complexity index is 1280. The Morgan fingerprint density at radius 1 is 1.00 bits per heavy atom. The Labute approximate surface area is 197 Å². The van der Waals surface area contributed by atoms with Crippen molar-refractivity contribution < 1.29 is 17.9 Å². The summed E-state index contributed by atoms with van der Waals surface area (Å²) in [5, 5.41) is 0. The number of nitrogens with zero attached hydrogens (tertiary/aromatic N) is 1. The molecule has 7 heteroatoms. The predicted octanol–water partition coefficient (Wildman–Crippen LogP) is 5.82. The van der Waals surface area contributed by atoms with Crippen molar-refractivity contribution in [2.75, 3.05) is 11.4 Å². The van der Waals surface area contributed by atoms with E-state index in [4.69, 9.17) is 4.74 Å². The first-order valence-electron chi connectivity index (χ1n) is 9.89. The number of ether oxygens (including phenoxy) is 1. The standard InChI is InChI=1S/C25H24BrNO4S/c1-17-8-12-21(13-9-17)32(29,30)27(23-7-5-6-18(2)19(23)3)25(28)15-11-20-10-14-24(31-4)22(26)16-20/h5-16H,1-4H3/b15-11+. The van der Waals surface area contributed by atoms with Crippen LogP contribution in [0.5, 0.6) is 5.75 Å². The zero-order valence-electron chi connectivity index (χ0n) is 18.3. The Hall–Kier alpha value is -2.90. The van der Waals surface area contributed by atoms with E-state index >= 15 is 0 Å². The van der Waals surface area contributed by atoms with E-state index in [1.807, 2.05) is 19.9 Å². The van der Waals surface area contributed by atoms with Crippen molar-refractivity contribution in [3.63, 3.8) is 0 Å². The van der Waals surface area contributed by atoms with E-state index in [-0.39, 0.29) is 4.90 Å². The first kappa shape index (κ1) is 23.8. The highest BCUT2D eigenvalue weighted by atomic mass is 79.9. The second-order valence-electron chi connectivity index (χ2n) is 7.37. The van der Waals surface area contributed by atoms with Gasteiger partial charge in [0.2, 0.25) is 0 Å². The van der Waals surface area contributed by atoms with Crippen molar-refractivity contribution in [3.05, 3.63) is 93.5 Å². The molecule has 0 spiro atoms. The molecule has 0 saturated carbocycles. The number of hydrogen-bond acceptors (Lipinski definition) is 4. The van der Waals surface area contributed by atoms with Crippen LogP contribution in [0.15, 0.2) is 76.1 Å². The molecule has 3 aromatic rings. The van der Waals surface area contributed by atoms with E-state index in [2.05, 4.69) is 15.9 Å². The minimum Gasteiger partial charge on any atom is -0.496 e. The third-order valence-electron chi connectivity index (χ3n) is 5.15. The molecule has 0 saturated heterocycles. The molecular formula is C25H24BrNO4S. The molecule has 0 aliphatic rings. The van der Waals surface area contributed by atoms with Crippen molar-refractivity contribution in [2.45, 2.75) is 25.7 Å². The topological polar surface area (TPSA) is 63.7 Å². The predicted molar refractivity (Wildman–Crippen MR) is 131 cm³/mol. The fourth-order valence-electron chi connectivity index (χ4n) is 3.16. The molecule has 1 amide bonds. The maximum absolute atomic E-state index is 13.5. The summed E-state index contributed by atoms with van der Waals surface area (Å²) >= 11 is 3.42. The summed E-state index contributed by atoms with van der Waals surface area (Å²) in [5.41, 5.74) is 3.59. The molecule has 166 valence electrons. The summed E-state index contributed by atoms with van der Waals surface area (Å²) < 4.78 is 33.9. The highest BCUT2D eigenvalue weighted by molar-refractivity contribution is 9.10.